The number of hydrogen-bond acceptors (Lipinski definition) is 4. The lowest BCUT2D eigenvalue weighted by Gasteiger charge is -2.46. The molecule has 3 rings (SSSR count). The van der Waals surface area contributed by atoms with Gasteiger partial charge in [0, 0.05) is 36.0 Å². The standard InChI is InChI=1S/C22H25BrF5N3O2/c1-20(22(26,27)28)12-14(13-20)18(32)31(16-8-6-7-15(23)11-16)10-5-3-4-9-17-29-19(33-30-17)21(2,24)25/h6-8,11,14H,3-5,9-10,12-13H2,1-2H3. The Kier molecular flexibility index (Phi) is 7.50. The van der Waals surface area contributed by atoms with Crippen molar-refractivity contribution in [2.45, 2.75) is 64.5 Å². The summed E-state index contributed by atoms with van der Waals surface area (Å²) in [5, 5.41) is 3.55. The maximum Gasteiger partial charge on any atom is 0.394 e. The quantitative estimate of drug-likeness (QED) is 0.265. The minimum absolute atomic E-state index is 0.187. The van der Waals surface area contributed by atoms with Crippen LogP contribution in [0.25, 0.3) is 0 Å². The molecule has 1 saturated carbocycles. The molecule has 1 aromatic carbocycles. The number of benzene rings is 1. The predicted molar refractivity (Wildman–Crippen MR) is 115 cm³/mol. The van der Waals surface area contributed by atoms with Gasteiger partial charge in [-0.05, 0) is 43.9 Å². The molecule has 1 heterocycles. The van der Waals surface area contributed by atoms with E-state index in [2.05, 4.69) is 30.6 Å². The number of rotatable bonds is 9. The third kappa shape index (κ3) is 6.10. The van der Waals surface area contributed by atoms with Gasteiger partial charge in [-0.1, -0.05) is 40.5 Å². The number of unbranched alkanes of at least 4 members (excludes halogenated alkanes) is 2. The fourth-order valence-corrected chi connectivity index (χ4v) is 4.32. The smallest absolute Gasteiger partial charge is 0.333 e. The molecule has 1 aliphatic carbocycles. The minimum Gasteiger partial charge on any atom is -0.333 e. The van der Waals surface area contributed by atoms with Crippen LogP contribution in [-0.2, 0) is 17.1 Å². The molecule has 0 atom stereocenters. The molecular weight excluding hydrogens is 513 g/mol. The fourth-order valence-electron chi connectivity index (χ4n) is 3.93. The zero-order valence-corrected chi connectivity index (χ0v) is 19.8. The Labute approximate surface area is 196 Å². The highest BCUT2D eigenvalue weighted by atomic mass is 79.9. The summed E-state index contributed by atoms with van der Waals surface area (Å²) in [6, 6.07) is 7.06. The zero-order valence-electron chi connectivity index (χ0n) is 18.3. The van der Waals surface area contributed by atoms with E-state index < -0.39 is 29.3 Å². The Morgan fingerprint density at radius 3 is 2.48 bits per heavy atom. The SMILES string of the molecule is CC(F)(F)c1nc(CCCCCN(C(=O)C2CC(C)(C(F)(F)F)C2)c2cccc(Br)c2)no1. The van der Waals surface area contributed by atoms with Gasteiger partial charge in [0.25, 0.3) is 5.89 Å². The monoisotopic (exact) mass is 537 g/mol. The Hall–Kier alpha value is -2.04. The van der Waals surface area contributed by atoms with Gasteiger partial charge in [-0.15, -0.1) is 0 Å². The molecule has 0 radical (unpaired) electrons. The number of nitrogens with zero attached hydrogens (tertiary/aromatic N) is 3. The van der Waals surface area contributed by atoms with Crippen molar-refractivity contribution in [2.24, 2.45) is 11.3 Å². The second kappa shape index (κ2) is 9.68. The van der Waals surface area contributed by atoms with Crippen LogP contribution < -0.4 is 4.90 Å². The van der Waals surface area contributed by atoms with E-state index in [0.717, 1.165) is 11.4 Å². The van der Waals surface area contributed by atoms with Gasteiger partial charge in [0.05, 0.1) is 5.41 Å². The maximum absolute atomic E-state index is 13.2. The Bertz CT molecular complexity index is 967. The van der Waals surface area contributed by atoms with Crippen LogP contribution in [0.1, 0.15) is 57.7 Å². The molecule has 0 bridgehead atoms. The van der Waals surface area contributed by atoms with Crippen molar-refractivity contribution in [3.63, 3.8) is 0 Å². The molecule has 1 aliphatic rings. The van der Waals surface area contributed by atoms with Crippen molar-refractivity contribution >= 4 is 27.5 Å². The third-order valence-corrected chi connectivity index (χ3v) is 6.43. The van der Waals surface area contributed by atoms with E-state index in [4.69, 9.17) is 0 Å². The zero-order chi connectivity index (χ0) is 24.4. The van der Waals surface area contributed by atoms with Crippen LogP contribution in [-0.4, -0.2) is 28.8 Å². The number of halogens is 6. The Morgan fingerprint density at radius 1 is 1.21 bits per heavy atom. The van der Waals surface area contributed by atoms with Crippen LogP contribution in [0, 0.1) is 11.3 Å². The van der Waals surface area contributed by atoms with Crippen LogP contribution >= 0.6 is 15.9 Å². The second-order valence-corrected chi connectivity index (χ2v) is 9.76. The van der Waals surface area contributed by atoms with Gasteiger partial charge < -0.3 is 9.42 Å². The molecular formula is C22H25BrF5N3O2. The number of carbonyl (C=O) groups is 1. The first kappa shape index (κ1) is 25.6. The van der Waals surface area contributed by atoms with Crippen LogP contribution in [0.2, 0.25) is 0 Å². The molecule has 2 aromatic rings. The van der Waals surface area contributed by atoms with E-state index in [1.807, 2.05) is 0 Å². The average Bonchev–Trinajstić information content (AvgIpc) is 3.16. The number of anilines is 1. The van der Waals surface area contributed by atoms with E-state index in [1.54, 1.807) is 24.3 Å². The van der Waals surface area contributed by atoms with Gasteiger partial charge >= 0.3 is 12.1 Å². The first-order valence-corrected chi connectivity index (χ1v) is 11.4. The van der Waals surface area contributed by atoms with E-state index in [9.17, 15) is 26.7 Å². The van der Waals surface area contributed by atoms with Crippen molar-refractivity contribution < 1.29 is 31.3 Å². The van der Waals surface area contributed by atoms with Crippen LogP contribution in [0.15, 0.2) is 33.3 Å². The molecule has 33 heavy (non-hydrogen) atoms. The van der Waals surface area contributed by atoms with Gasteiger partial charge in [-0.3, -0.25) is 4.79 Å². The summed E-state index contributed by atoms with van der Waals surface area (Å²) in [6.07, 6.45) is -2.61. The molecule has 0 saturated heterocycles. The van der Waals surface area contributed by atoms with E-state index >= 15 is 0 Å². The van der Waals surface area contributed by atoms with Crippen molar-refractivity contribution in [2.75, 3.05) is 11.4 Å². The summed E-state index contributed by atoms with van der Waals surface area (Å²) in [5.74, 6) is -4.73. The van der Waals surface area contributed by atoms with E-state index in [0.29, 0.717) is 44.8 Å². The van der Waals surface area contributed by atoms with Crippen molar-refractivity contribution in [3.05, 3.63) is 40.5 Å². The number of carbonyl (C=O) groups excluding carboxylic acids is 1. The molecule has 0 N–H and O–H groups in total. The molecule has 1 aromatic heterocycles. The van der Waals surface area contributed by atoms with Gasteiger partial charge in [-0.2, -0.15) is 26.9 Å². The van der Waals surface area contributed by atoms with Crippen LogP contribution in [0.4, 0.5) is 27.6 Å². The molecule has 0 aliphatic heterocycles. The van der Waals surface area contributed by atoms with Gasteiger partial charge in [0.1, 0.15) is 0 Å². The molecule has 11 heteroatoms. The first-order chi connectivity index (χ1) is 15.3. The first-order valence-electron chi connectivity index (χ1n) is 10.6. The normalized spacial score (nSPS) is 21.0. The lowest BCUT2D eigenvalue weighted by molar-refractivity contribution is -0.253. The summed E-state index contributed by atoms with van der Waals surface area (Å²) in [5.41, 5.74) is -1.21. The summed E-state index contributed by atoms with van der Waals surface area (Å²) in [4.78, 5) is 18.3. The Balaban J connectivity index is 1.57. The maximum atomic E-state index is 13.2. The number of amides is 1. The summed E-state index contributed by atoms with van der Waals surface area (Å²) in [7, 11) is 0. The van der Waals surface area contributed by atoms with Crippen molar-refractivity contribution in [3.8, 4) is 0 Å². The molecule has 182 valence electrons. The van der Waals surface area contributed by atoms with Gasteiger partial charge in [0.2, 0.25) is 5.91 Å². The highest BCUT2D eigenvalue weighted by molar-refractivity contribution is 9.10. The largest absolute Gasteiger partial charge is 0.394 e. The van der Waals surface area contributed by atoms with Crippen molar-refractivity contribution in [1.82, 2.24) is 10.1 Å². The highest BCUT2D eigenvalue weighted by Crippen LogP contribution is 2.56. The summed E-state index contributed by atoms with van der Waals surface area (Å²) >= 11 is 3.36. The minimum atomic E-state index is -4.33. The van der Waals surface area contributed by atoms with E-state index in [1.165, 1.54) is 4.90 Å². The predicted octanol–water partition coefficient (Wildman–Crippen LogP) is 6.67. The highest BCUT2D eigenvalue weighted by Gasteiger charge is 2.60. The Morgan fingerprint density at radius 2 is 1.91 bits per heavy atom. The number of aromatic nitrogens is 2. The number of hydrogen-bond donors (Lipinski definition) is 0. The number of aryl methyl sites for hydroxylation is 1. The fraction of sp³-hybridized carbons (Fsp3) is 0.591. The summed E-state index contributed by atoms with van der Waals surface area (Å²) < 4.78 is 71.3. The van der Waals surface area contributed by atoms with Crippen molar-refractivity contribution in [1.29, 1.82) is 0 Å². The third-order valence-electron chi connectivity index (χ3n) is 5.94. The molecule has 0 unspecified atom stereocenters. The van der Waals surface area contributed by atoms with Gasteiger partial charge in [-0.25, -0.2) is 0 Å². The average molecular weight is 538 g/mol. The van der Waals surface area contributed by atoms with Crippen LogP contribution in [0.3, 0.4) is 0 Å². The second-order valence-electron chi connectivity index (χ2n) is 8.85. The molecule has 1 amide bonds. The lowest BCUT2D eigenvalue weighted by Crippen LogP contribution is -2.52. The summed E-state index contributed by atoms with van der Waals surface area (Å²) in [6.45, 7) is 2.16. The molecule has 1 fully saturated rings. The molecule has 5 nitrogen and oxygen atoms in total. The molecule has 0 spiro atoms. The topological polar surface area (TPSA) is 59.2 Å². The van der Waals surface area contributed by atoms with Gasteiger partial charge in [0.15, 0.2) is 5.82 Å². The van der Waals surface area contributed by atoms with Crippen LogP contribution in [0.5, 0.6) is 0 Å². The van der Waals surface area contributed by atoms with E-state index in [-0.39, 0.29) is 24.6 Å². The number of alkyl halides is 5. The lowest BCUT2D eigenvalue weighted by atomic mass is 9.62.